The first-order valence-corrected chi connectivity index (χ1v) is 7.09. The Morgan fingerprint density at radius 1 is 1.20 bits per heavy atom. The summed E-state index contributed by atoms with van der Waals surface area (Å²) >= 11 is 0. The molecule has 0 amide bonds. The zero-order valence-electron chi connectivity index (χ0n) is 13.0. The minimum Gasteiger partial charge on any atom is -0.383 e. The molecule has 0 fully saturated rings. The highest BCUT2D eigenvalue weighted by atomic mass is 16.5. The van der Waals surface area contributed by atoms with Crippen LogP contribution in [-0.4, -0.2) is 50.4 Å². The first-order chi connectivity index (χ1) is 9.74. The third kappa shape index (κ3) is 5.30. The van der Waals surface area contributed by atoms with Gasteiger partial charge in [0.2, 0.25) is 0 Å². The molecular formula is C14H26N4O2. The van der Waals surface area contributed by atoms with Crippen molar-refractivity contribution in [3.8, 4) is 0 Å². The Kier molecular flexibility index (Phi) is 7.91. The van der Waals surface area contributed by atoms with Gasteiger partial charge in [0.25, 0.3) is 0 Å². The Balaban J connectivity index is 2.92. The Bertz CT molecular complexity index is 387. The first kappa shape index (κ1) is 16.7. The van der Waals surface area contributed by atoms with E-state index in [9.17, 15) is 0 Å². The summed E-state index contributed by atoms with van der Waals surface area (Å²) < 4.78 is 10.3. The largest absolute Gasteiger partial charge is 0.383 e. The molecule has 1 rings (SSSR count). The number of likely N-dealkylation sites (N-methyl/N-ethyl adjacent to an activating group) is 1. The van der Waals surface area contributed by atoms with Crippen molar-refractivity contribution in [2.45, 2.75) is 26.9 Å². The summed E-state index contributed by atoms with van der Waals surface area (Å²) in [4.78, 5) is 11.2. The molecule has 114 valence electrons. The van der Waals surface area contributed by atoms with Gasteiger partial charge in [-0.25, -0.2) is 9.97 Å². The van der Waals surface area contributed by atoms with Gasteiger partial charge in [0.15, 0.2) is 5.82 Å². The molecule has 0 bridgehead atoms. The van der Waals surface area contributed by atoms with Crippen LogP contribution in [0.15, 0.2) is 6.07 Å². The number of aromatic nitrogens is 2. The Labute approximate surface area is 121 Å². The molecule has 1 heterocycles. The second-order valence-corrected chi connectivity index (χ2v) is 4.46. The third-order valence-corrected chi connectivity index (χ3v) is 2.86. The van der Waals surface area contributed by atoms with Crippen molar-refractivity contribution in [3.05, 3.63) is 11.9 Å². The number of methoxy groups -OCH3 is 2. The Morgan fingerprint density at radius 3 is 2.60 bits per heavy atom. The zero-order chi connectivity index (χ0) is 14.8. The number of hydrogen-bond acceptors (Lipinski definition) is 6. The second kappa shape index (κ2) is 9.50. The van der Waals surface area contributed by atoms with Crippen LogP contribution in [0.3, 0.4) is 0 Å². The summed E-state index contributed by atoms with van der Waals surface area (Å²) in [5.41, 5.74) is 0. The van der Waals surface area contributed by atoms with Gasteiger partial charge in [0, 0.05) is 39.9 Å². The van der Waals surface area contributed by atoms with E-state index in [0.29, 0.717) is 19.0 Å². The average Bonchev–Trinajstić information content (AvgIpc) is 2.46. The molecule has 0 saturated heterocycles. The summed E-state index contributed by atoms with van der Waals surface area (Å²) in [7, 11) is 3.36. The molecule has 1 aromatic heterocycles. The van der Waals surface area contributed by atoms with E-state index in [1.54, 1.807) is 14.2 Å². The maximum Gasteiger partial charge on any atom is 0.158 e. The normalized spacial score (nSPS) is 10.6. The van der Waals surface area contributed by atoms with Crippen LogP contribution in [0.25, 0.3) is 0 Å². The maximum absolute atomic E-state index is 5.14. The standard InChI is InChI=1S/C14H26N4O2/c1-5-7-15-12-10-14(17-13(16-12)11-20-4)18(6-2)8-9-19-3/h10H,5-9,11H2,1-4H3,(H,15,16,17). The lowest BCUT2D eigenvalue weighted by Gasteiger charge is -2.22. The summed E-state index contributed by atoms with van der Waals surface area (Å²) in [6.07, 6.45) is 1.06. The number of hydrogen-bond donors (Lipinski definition) is 1. The number of nitrogens with zero attached hydrogens (tertiary/aromatic N) is 3. The molecule has 0 radical (unpaired) electrons. The average molecular weight is 282 g/mol. The van der Waals surface area contributed by atoms with Crippen LogP contribution in [0.1, 0.15) is 26.1 Å². The van der Waals surface area contributed by atoms with E-state index < -0.39 is 0 Å². The highest BCUT2D eigenvalue weighted by molar-refractivity contribution is 5.49. The molecular weight excluding hydrogens is 256 g/mol. The lowest BCUT2D eigenvalue weighted by Crippen LogP contribution is -2.28. The van der Waals surface area contributed by atoms with E-state index in [-0.39, 0.29) is 0 Å². The highest BCUT2D eigenvalue weighted by Crippen LogP contribution is 2.16. The topological polar surface area (TPSA) is 59.5 Å². The van der Waals surface area contributed by atoms with E-state index in [2.05, 4.69) is 34.0 Å². The molecule has 0 aromatic carbocycles. The molecule has 0 aliphatic heterocycles. The van der Waals surface area contributed by atoms with E-state index in [0.717, 1.165) is 37.7 Å². The van der Waals surface area contributed by atoms with Gasteiger partial charge in [0.1, 0.15) is 18.2 Å². The molecule has 0 aliphatic carbocycles. The highest BCUT2D eigenvalue weighted by Gasteiger charge is 2.10. The zero-order valence-corrected chi connectivity index (χ0v) is 13.0. The summed E-state index contributed by atoms with van der Waals surface area (Å²) in [6, 6.07) is 1.98. The summed E-state index contributed by atoms with van der Waals surface area (Å²) in [6.45, 7) is 7.90. The SMILES string of the molecule is CCCNc1cc(N(CC)CCOC)nc(COC)n1. The molecule has 0 unspecified atom stereocenters. The van der Waals surface area contributed by atoms with Crippen molar-refractivity contribution < 1.29 is 9.47 Å². The molecule has 1 N–H and O–H groups in total. The van der Waals surface area contributed by atoms with Gasteiger partial charge in [-0.3, -0.25) is 0 Å². The molecule has 1 aromatic rings. The first-order valence-electron chi connectivity index (χ1n) is 7.09. The van der Waals surface area contributed by atoms with Gasteiger partial charge >= 0.3 is 0 Å². The molecule has 6 heteroatoms. The fourth-order valence-corrected chi connectivity index (χ4v) is 1.82. The molecule has 20 heavy (non-hydrogen) atoms. The number of nitrogens with one attached hydrogen (secondary N) is 1. The Hall–Kier alpha value is -1.40. The fourth-order valence-electron chi connectivity index (χ4n) is 1.82. The van der Waals surface area contributed by atoms with E-state index >= 15 is 0 Å². The molecule has 0 saturated carbocycles. The van der Waals surface area contributed by atoms with E-state index in [1.807, 2.05) is 6.07 Å². The van der Waals surface area contributed by atoms with Crippen molar-refractivity contribution >= 4 is 11.6 Å². The predicted molar refractivity (Wildman–Crippen MR) is 81.3 cm³/mol. The van der Waals surface area contributed by atoms with Gasteiger partial charge < -0.3 is 19.7 Å². The van der Waals surface area contributed by atoms with Crippen LogP contribution in [0.5, 0.6) is 0 Å². The molecule has 0 aliphatic rings. The van der Waals surface area contributed by atoms with Gasteiger partial charge in [-0.15, -0.1) is 0 Å². The van der Waals surface area contributed by atoms with E-state index in [4.69, 9.17) is 9.47 Å². The van der Waals surface area contributed by atoms with E-state index in [1.165, 1.54) is 0 Å². The lowest BCUT2D eigenvalue weighted by atomic mass is 10.4. The molecule has 6 nitrogen and oxygen atoms in total. The van der Waals surface area contributed by atoms with Crippen molar-refractivity contribution in [1.29, 1.82) is 0 Å². The van der Waals surface area contributed by atoms with Crippen molar-refractivity contribution in [2.75, 3.05) is 50.7 Å². The lowest BCUT2D eigenvalue weighted by molar-refractivity contribution is 0.178. The van der Waals surface area contributed by atoms with Gasteiger partial charge in [0.05, 0.1) is 6.61 Å². The van der Waals surface area contributed by atoms with Crippen LogP contribution >= 0.6 is 0 Å². The van der Waals surface area contributed by atoms with Gasteiger partial charge in [-0.1, -0.05) is 6.92 Å². The monoisotopic (exact) mass is 282 g/mol. The van der Waals surface area contributed by atoms with Crippen LogP contribution < -0.4 is 10.2 Å². The minimum atomic E-state index is 0.413. The van der Waals surface area contributed by atoms with Crippen LogP contribution in [0.4, 0.5) is 11.6 Å². The molecule has 0 atom stereocenters. The smallest absolute Gasteiger partial charge is 0.158 e. The molecule has 0 spiro atoms. The maximum atomic E-state index is 5.14. The van der Waals surface area contributed by atoms with Crippen LogP contribution in [0.2, 0.25) is 0 Å². The van der Waals surface area contributed by atoms with Crippen molar-refractivity contribution in [2.24, 2.45) is 0 Å². The fraction of sp³-hybridized carbons (Fsp3) is 0.714. The quantitative estimate of drug-likeness (QED) is 0.707. The van der Waals surface area contributed by atoms with Crippen molar-refractivity contribution in [1.82, 2.24) is 9.97 Å². The predicted octanol–water partition coefficient (Wildman–Crippen LogP) is 1.92. The van der Waals surface area contributed by atoms with Crippen molar-refractivity contribution in [3.63, 3.8) is 0 Å². The Morgan fingerprint density at radius 2 is 2.00 bits per heavy atom. The van der Waals surface area contributed by atoms with Crippen LogP contribution in [-0.2, 0) is 16.1 Å². The summed E-state index contributed by atoms with van der Waals surface area (Å²) in [5.74, 6) is 2.45. The minimum absolute atomic E-state index is 0.413. The summed E-state index contributed by atoms with van der Waals surface area (Å²) in [5, 5.41) is 3.30. The van der Waals surface area contributed by atoms with Gasteiger partial charge in [-0.2, -0.15) is 0 Å². The number of anilines is 2. The third-order valence-electron chi connectivity index (χ3n) is 2.86. The second-order valence-electron chi connectivity index (χ2n) is 4.46. The number of rotatable bonds is 10. The van der Waals surface area contributed by atoms with Gasteiger partial charge in [-0.05, 0) is 13.3 Å². The number of ether oxygens (including phenoxy) is 2. The van der Waals surface area contributed by atoms with Crippen LogP contribution in [0, 0.1) is 0 Å².